The van der Waals surface area contributed by atoms with Gasteiger partial charge in [-0.2, -0.15) is 0 Å². The van der Waals surface area contributed by atoms with E-state index >= 15 is 0 Å². The molecule has 0 radical (unpaired) electrons. The van der Waals surface area contributed by atoms with Gasteiger partial charge >= 0.3 is 5.97 Å². The van der Waals surface area contributed by atoms with Crippen molar-refractivity contribution < 1.29 is 9.53 Å². The SMILES string of the molecule is C/C=C(/C)C(=O)OC(C)(C)CC. The average Bonchev–Trinajstić information content (AvgIpc) is 2.02. The molecule has 0 bridgehead atoms. The quantitative estimate of drug-likeness (QED) is 0.481. The lowest BCUT2D eigenvalue weighted by Crippen LogP contribution is -2.27. The second-order valence-electron chi connectivity index (χ2n) is 3.47. The Morgan fingerprint density at radius 3 is 2.33 bits per heavy atom. The van der Waals surface area contributed by atoms with Crippen LogP contribution in [0.1, 0.15) is 41.0 Å². The Kier molecular flexibility index (Phi) is 4.01. The summed E-state index contributed by atoms with van der Waals surface area (Å²) < 4.78 is 5.23. The molecule has 0 saturated carbocycles. The van der Waals surface area contributed by atoms with Crippen molar-refractivity contribution in [2.45, 2.75) is 46.6 Å². The monoisotopic (exact) mass is 170 g/mol. The maximum Gasteiger partial charge on any atom is 0.333 e. The van der Waals surface area contributed by atoms with Gasteiger partial charge in [0, 0.05) is 5.57 Å². The number of rotatable bonds is 3. The van der Waals surface area contributed by atoms with Crippen LogP contribution in [0.5, 0.6) is 0 Å². The van der Waals surface area contributed by atoms with E-state index in [-0.39, 0.29) is 11.6 Å². The topological polar surface area (TPSA) is 26.3 Å². The van der Waals surface area contributed by atoms with E-state index in [0.717, 1.165) is 6.42 Å². The summed E-state index contributed by atoms with van der Waals surface area (Å²) in [5.74, 6) is -0.218. The van der Waals surface area contributed by atoms with Crippen molar-refractivity contribution in [1.82, 2.24) is 0 Å². The van der Waals surface area contributed by atoms with E-state index in [0.29, 0.717) is 5.57 Å². The molecule has 2 heteroatoms. The van der Waals surface area contributed by atoms with Gasteiger partial charge in [-0.3, -0.25) is 0 Å². The predicted molar refractivity (Wildman–Crippen MR) is 49.9 cm³/mol. The van der Waals surface area contributed by atoms with E-state index in [2.05, 4.69) is 0 Å². The third kappa shape index (κ3) is 3.56. The summed E-state index contributed by atoms with van der Waals surface area (Å²) in [6, 6.07) is 0. The zero-order valence-corrected chi connectivity index (χ0v) is 8.60. The molecule has 0 fully saturated rings. The summed E-state index contributed by atoms with van der Waals surface area (Å²) in [4.78, 5) is 11.3. The van der Waals surface area contributed by atoms with Gasteiger partial charge in [-0.25, -0.2) is 4.79 Å². The highest BCUT2D eigenvalue weighted by Gasteiger charge is 2.20. The first kappa shape index (κ1) is 11.2. The minimum atomic E-state index is -0.346. The highest BCUT2D eigenvalue weighted by molar-refractivity contribution is 5.87. The van der Waals surface area contributed by atoms with E-state index in [1.165, 1.54) is 0 Å². The summed E-state index contributed by atoms with van der Waals surface area (Å²) in [6.07, 6.45) is 2.59. The summed E-state index contributed by atoms with van der Waals surface area (Å²) in [7, 11) is 0. The van der Waals surface area contributed by atoms with Crippen molar-refractivity contribution in [2.24, 2.45) is 0 Å². The third-order valence-corrected chi connectivity index (χ3v) is 1.98. The molecule has 0 amide bonds. The lowest BCUT2D eigenvalue weighted by Gasteiger charge is -2.23. The average molecular weight is 170 g/mol. The smallest absolute Gasteiger partial charge is 0.333 e. The zero-order valence-electron chi connectivity index (χ0n) is 8.60. The van der Waals surface area contributed by atoms with Crippen LogP contribution in [0.4, 0.5) is 0 Å². The van der Waals surface area contributed by atoms with Crippen LogP contribution >= 0.6 is 0 Å². The third-order valence-electron chi connectivity index (χ3n) is 1.98. The first-order valence-electron chi connectivity index (χ1n) is 4.29. The Hall–Kier alpha value is -0.790. The molecule has 0 aromatic carbocycles. The van der Waals surface area contributed by atoms with Gasteiger partial charge in [0.25, 0.3) is 0 Å². The van der Waals surface area contributed by atoms with Crippen LogP contribution in [0.2, 0.25) is 0 Å². The van der Waals surface area contributed by atoms with Gasteiger partial charge in [-0.1, -0.05) is 13.0 Å². The molecule has 0 aliphatic carbocycles. The number of hydrogen-bond acceptors (Lipinski definition) is 2. The van der Waals surface area contributed by atoms with Crippen LogP contribution in [0.3, 0.4) is 0 Å². The van der Waals surface area contributed by atoms with Crippen LogP contribution in [-0.4, -0.2) is 11.6 Å². The van der Waals surface area contributed by atoms with Crippen molar-refractivity contribution in [3.8, 4) is 0 Å². The molecule has 0 spiro atoms. The van der Waals surface area contributed by atoms with E-state index in [4.69, 9.17) is 4.74 Å². The lowest BCUT2D eigenvalue weighted by atomic mass is 10.1. The summed E-state index contributed by atoms with van der Waals surface area (Å²) in [5.41, 5.74) is 0.318. The summed E-state index contributed by atoms with van der Waals surface area (Å²) in [6.45, 7) is 9.41. The Morgan fingerprint density at radius 2 is 2.00 bits per heavy atom. The van der Waals surface area contributed by atoms with Crippen molar-refractivity contribution in [1.29, 1.82) is 0 Å². The number of esters is 1. The molecular weight excluding hydrogens is 152 g/mol. The van der Waals surface area contributed by atoms with Crippen molar-refractivity contribution in [3.63, 3.8) is 0 Å². The maximum absolute atomic E-state index is 11.3. The van der Waals surface area contributed by atoms with Gasteiger partial charge in [0.1, 0.15) is 5.60 Å². The van der Waals surface area contributed by atoms with Crippen LogP contribution in [-0.2, 0) is 9.53 Å². The fourth-order valence-electron chi connectivity index (χ4n) is 0.521. The Labute approximate surface area is 74.6 Å². The normalized spacial score (nSPS) is 12.9. The molecule has 0 atom stereocenters. The fraction of sp³-hybridized carbons (Fsp3) is 0.700. The molecule has 0 aliphatic rings. The van der Waals surface area contributed by atoms with E-state index in [1.807, 2.05) is 27.7 Å². The van der Waals surface area contributed by atoms with Gasteiger partial charge < -0.3 is 4.74 Å². The van der Waals surface area contributed by atoms with Gasteiger partial charge in [-0.15, -0.1) is 0 Å². The largest absolute Gasteiger partial charge is 0.456 e. The number of carbonyl (C=O) groups is 1. The number of allylic oxidation sites excluding steroid dienone is 1. The standard InChI is InChI=1S/C10H18O2/c1-6-8(3)9(11)12-10(4,5)7-2/h6H,7H2,1-5H3/b8-6-. The number of carbonyl (C=O) groups excluding carboxylic acids is 1. The predicted octanol–water partition coefficient (Wildman–Crippen LogP) is 2.68. The molecule has 12 heavy (non-hydrogen) atoms. The van der Waals surface area contributed by atoms with Gasteiger partial charge in [-0.05, 0) is 34.1 Å². The molecule has 0 N–H and O–H groups in total. The van der Waals surface area contributed by atoms with Crippen molar-refractivity contribution >= 4 is 5.97 Å². The number of ether oxygens (including phenoxy) is 1. The Morgan fingerprint density at radius 1 is 1.50 bits per heavy atom. The van der Waals surface area contributed by atoms with Crippen LogP contribution in [0.15, 0.2) is 11.6 Å². The molecule has 0 unspecified atom stereocenters. The van der Waals surface area contributed by atoms with E-state index in [9.17, 15) is 4.79 Å². The minimum Gasteiger partial charge on any atom is -0.456 e. The highest BCUT2D eigenvalue weighted by Crippen LogP contribution is 2.15. The minimum absolute atomic E-state index is 0.218. The van der Waals surface area contributed by atoms with Crippen LogP contribution in [0.25, 0.3) is 0 Å². The Bertz CT molecular complexity index is 190. The molecule has 0 aliphatic heterocycles. The first-order valence-corrected chi connectivity index (χ1v) is 4.29. The zero-order chi connectivity index (χ0) is 9.78. The van der Waals surface area contributed by atoms with E-state index in [1.54, 1.807) is 13.0 Å². The van der Waals surface area contributed by atoms with E-state index < -0.39 is 0 Å². The molecular formula is C10H18O2. The second kappa shape index (κ2) is 4.29. The molecule has 0 heterocycles. The van der Waals surface area contributed by atoms with Gasteiger partial charge in [0.2, 0.25) is 0 Å². The van der Waals surface area contributed by atoms with Crippen LogP contribution < -0.4 is 0 Å². The maximum atomic E-state index is 11.3. The van der Waals surface area contributed by atoms with Gasteiger partial charge in [0.15, 0.2) is 0 Å². The highest BCUT2D eigenvalue weighted by atomic mass is 16.6. The Balaban J connectivity index is 4.19. The van der Waals surface area contributed by atoms with Crippen molar-refractivity contribution in [2.75, 3.05) is 0 Å². The molecule has 0 saturated heterocycles. The molecule has 0 aromatic rings. The van der Waals surface area contributed by atoms with Crippen LogP contribution in [0, 0.1) is 0 Å². The lowest BCUT2D eigenvalue weighted by molar-refractivity contribution is -0.151. The second-order valence-corrected chi connectivity index (χ2v) is 3.47. The fourth-order valence-corrected chi connectivity index (χ4v) is 0.521. The van der Waals surface area contributed by atoms with Gasteiger partial charge in [0.05, 0.1) is 0 Å². The summed E-state index contributed by atoms with van der Waals surface area (Å²) in [5, 5.41) is 0. The molecule has 70 valence electrons. The molecule has 2 nitrogen and oxygen atoms in total. The summed E-state index contributed by atoms with van der Waals surface area (Å²) >= 11 is 0. The van der Waals surface area contributed by atoms with Crippen molar-refractivity contribution in [3.05, 3.63) is 11.6 Å². The number of hydrogen-bond donors (Lipinski definition) is 0. The molecule has 0 aromatic heterocycles. The first-order chi connectivity index (χ1) is 5.43. The molecule has 0 rings (SSSR count).